The minimum absolute atomic E-state index is 0.151. The lowest BCUT2D eigenvalue weighted by atomic mass is 10.1. The molecule has 0 saturated carbocycles. The second kappa shape index (κ2) is 9.36. The molecule has 3 rings (SSSR count). The summed E-state index contributed by atoms with van der Waals surface area (Å²) in [5.74, 6) is 0.498. The minimum Gasteiger partial charge on any atom is -0.496 e. The molecule has 160 valence electrons. The largest absolute Gasteiger partial charge is 0.496 e. The van der Waals surface area contributed by atoms with E-state index in [-0.39, 0.29) is 4.90 Å². The van der Waals surface area contributed by atoms with Crippen molar-refractivity contribution >= 4 is 15.7 Å². The Labute approximate surface area is 178 Å². The summed E-state index contributed by atoms with van der Waals surface area (Å²) in [6.07, 6.45) is 0. The van der Waals surface area contributed by atoms with Crippen LogP contribution in [0, 0.1) is 6.92 Å². The summed E-state index contributed by atoms with van der Waals surface area (Å²) in [4.78, 5) is 5.89. The Balaban J connectivity index is 1.86. The van der Waals surface area contributed by atoms with Gasteiger partial charge >= 0.3 is 0 Å². The van der Waals surface area contributed by atoms with Crippen molar-refractivity contribution in [1.82, 2.24) is 9.88 Å². The fourth-order valence-electron chi connectivity index (χ4n) is 3.27. The summed E-state index contributed by atoms with van der Waals surface area (Å²) in [5, 5.41) is 0. The number of nitrogens with one attached hydrogen (secondary N) is 2. The highest BCUT2D eigenvalue weighted by molar-refractivity contribution is 7.92. The van der Waals surface area contributed by atoms with Gasteiger partial charge in [0.05, 0.1) is 12.0 Å². The third-order valence-corrected chi connectivity index (χ3v) is 6.49. The van der Waals surface area contributed by atoms with E-state index in [9.17, 15) is 8.42 Å². The molecular formula is C23H29N3O3S. The second-order valence-corrected chi connectivity index (χ2v) is 8.87. The van der Waals surface area contributed by atoms with Crippen LogP contribution < -0.4 is 9.46 Å². The molecule has 0 aliphatic carbocycles. The lowest BCUT2D eigenvalue weighted by Gasteiger charge is -2.16. The Bertz CT molecular complexity index is 1090. The quantitative estimate of drug-likeness (QED) is 0.522. The predicted molar refractivity (Wildman–Crippen MR) is 121 cm³/mol. The predicted octanol–water partition coefficient (Wildman–Crippen LogP) is 4.64. The van der Waals surface area contributed by atoms with Gasteiger partial charge in [0.1, 0.15) is 5.75 Å². The van der Waals surface area contributed by atoms with Crippen molar-refractivity contribution in [3.05, 3.63) is 65.9 Å². The normalized spacial score (nSPS) is 11.6. The van der Waals surface area contributed by atoms with Gasteiger partial charge in [0.15, 0.2) is 0 Å². The number of aryl methyl sites for hydroxylation is 1. The van der Waals surface area contributed by atoms with Crippen molar-refractivity contribution in [1.29, 1.82) is 0 Å². The Morgan fingerprint density at radius 3 is 2.33 bits per heavy atom. The Morgan fingerprint density at radius 1 is 1.00 bits per heavy atom. The first-order chi connectivity index (χ1) is 14.4. The van der Waals surface area contributed by atoms with E-state index in [1.54, 1.807) is 37.4 Å². The van der Waals surface area contributed by atoms with Crippen LogP contribution in [0.2, 0.25) is 0 Å². The summed E-state index contributed by atoms with van der Waals surface area (Å²) in [6, 6.07) is 16.2. The molecule has 1 heterocycles. The summed E-state index contributed by atoms with van der Waals surface area (Å²) in [6.45, 7) is 9.03. The number of H-pyrrole nitrogens is 1. The first-order valence-corrected chi connectivity index (χ1v) is 11.5. The molecule has 2 aromatic carbocycles. The zero-order chi connectivity index (χ0) is 21.7. The maximum absolute atomic E-state index is 12.8. The first kappa shape index (κ1) is 21.9. The van der Waals surface area contributed by atoms with E-state index in [4.69, 9.17) is 4.74 Å². The van der Waals surface area contributed by atoms with Crippen LogP contribution in [0.25, 0.3) is 11.3 Å². The van der Waals surface area contributed by atoms with E-state index in [1.807, 2.05) is 25.1 Å². The summed E-state index contributed by atoms with van der Waals surface area (Å²) in [7, 11) is -2.18. The van der Waals surface area contributed by atoms with Crippen molar-refractivity contribution in [3.63, 3.8) is 0 Å². The lowest BCUT2D eigenvalue weighted by molar-refractivity contribution is 0.293. The number of rotatable bonds is 9. The number of benzene rings is 2. The minimum atomic E-state index is -3.72. The van der Waals surface area contributed by atoms with Gasteiger partial charge in [0.2, 0.25) is 0 Å². The number of hydrogen-bond donors (Lipinski definition) is 2. The maximum atomic E-state index is 12.8. The van der Waals surface area contributed by atoms with Gasteiger partial charge < -0.3 is 9.72 Å². The summed E-state index contributed by atoms with van der Waals surface area (Å²) in [5.41, 5.74) is 4.40. The van der Waals surface area contributed by atoms with E-state index >= 15 is 0 Å². The van der Waals surface area contributed by atoms with Crippen LogP contribution in [0.5, 0.6) is 5.75 Å². The maximum Gasteiger partial charge on any atom is 0.262 e. The number of nitrogens with zero attached hydrogens (tertiary/aromatic N) is 1. The first-order valence-electron chi connectivity index (χ1n) is 10.0. The molecular weight excluding hydrogens is 398 g/mol. The van der Waals surface area contributed by atoms with Crippen LogP contribution in [0.1, 0.15) is 25.1 Å². The second-order valence-electron chi connectivity index (χ2n) is 7.19. The van der Waals surface area contributed by atoms with Gasteiger partial charge in [-0.3, -0.25) is 9.62 Å². The third-order valence-electron chi connectivity index (χ3n) is 5.11. The molecule has 0 amide bonds. The van der Waals surface area contributed by atoms with E-state index < -0.39 is 10.0 Å². The Kier molecular flexibility index (Phi) is 6.84. The fourth-order valence-corrected chi connectivity index (χ4v) is 4.35. The Morgan fingerprint density at radius 2 is 1.70 bits per heavy atom. The van der Waals surface area contributed by atoms with Gasteiger partial charge in [0, 0.05) is 35.2 Å². The zero-order valence-electron chi connectivity index (χ0n) is 17.9. The van der Waals surface area contributed by atoms with Crippen molar-refractivity contribution in [2.75, 3.05) is 24.9 Å². The molecule has 6 nitrogen and oxygen atoms in total. The molecule has 0 bridgehead atoms. The number of anilines is 1. The van der Waals surface area contributed by atoms with Gasteiger partial charge in [-0.15, -0.1) is 0 Å². The fraction of sp³-hybridized carbons (Fsp3) is 0.304. The van der Waals surface area contributed by atoms with Gasteiger partial charge in [0.25, 0.3) is 10.0 Å². The average molecular weight is 428 g/mol. The highest BCUT2D eigenvalue weighted by atomic mass is 32.2. The van der Waals surface area contributed by atoms with Crippen molar-refractivity contribution in [3.8, 4) is 17.0 Å². The van der Waals surface area contributed by atoms with Gasteiger partial charge in [-0.1, -0.05) is 31.5 Å². The molecule has 0 unspecified atom stereocenters. The molecule has 7 heteroatoms. The van der Waals surface area contributed by atoms with Crippen LogP contribution in [-0.2, 0) is 16.6 Å². The molecule has 2 N–H and O–H groups in total. The monoisotopic (exact) mass is 427 g/mol. The number of ether oxygens (including phenoxy) is 1. The molecule has 3 aromatic rings. The molecule has 30 heavy (non-hydrogen) atoms. The van der Waals surface area contributed by atoms with Crippen molar-refractivity contribution < 1.29 is 13.2 Å². The van der Waals surface area contributed by atoms with Crippen LogP contribution in [0.15, 0.2) is 59.5 Å². The van der Waals surface area contributed by atoms with Crippen molar-refractivity contribution in [2.24, 2.45) is 0 Å². The number of sulfonamides is 1. The number of aromatic amines is 1. The standard InChI is InChI=1S/C23H29N3O3S/c1-5-26(6-2)16-19-11-14-22(24-19)21-13-12-20(15-23(21)29-4)30(27,28)25-18-9-7-17(3)8-10-18/h7-15,24-25H,5-6,16H2,1-4H3. The van der Waals surface area contributed by atoms with E-state index in [0.717, 1.165) is 42.1 Å². The SMILES string of the molecule is CCN(CC)Cc1ccc(-c2ccc(S(=O)(=O)Nc3ccc(C)cc3)cc2OC)[nH]1. The highest BCUT2D eigenvalue weighted by Gasteiger charge is 2.18. The molecule has 1 aromatic heterocycles. The molecule has 0 saturated heterocycles. The number of methoxy groups -OCH3 is 1. The number of aromatic nitrogens is 1. The van der Waals surface area contributed by atoms with E-state index in [1.165, 1.54) is 0 Å². The molecule has 0 aliphatic rings. The van der Waals surface area contributed by atoms with Gasteiger partial charge in [-0.25, -0.2) is 8.42 Å². The van der Waals surface area contributed by atoms with E-state index in [0.29, 0.717) is 11.4 Å². The van der Waals surface area contributed by atoms with Crippen LogP contribution in [0.4, 0.5) is 5.69 Å². The Hall–Kier alpha value is -2.77. The number of hydrogen-bond acceptors (Lipinski definition) is 4. The molecule has 0 radical (unpaired) electrons. The third kappa shape index (κ3) is 5.04. The molecule has 0 atom stereocenters. The molecule has 0 spiro atoms. The zero-order valence-corrected chi connectivity index (χ0v) is 18.7. The van der Waals surface area contributed by atoms with Crippen LogP contribution >= 0.6 is 0 Å². The lowest BCUT2D eigenvalue weighted by Crippen LogP contribution is -2.22. The van der Waals surface area contributed by atoms with Gasteiger partial charge in [-0.05, 0) is 56.4 Å². The average Bonchev–Trinajstić information content (AvgIpc) is 3.21. The molecule has 0 aliphatic heterocycles. The van der Waals surface area contributed by atoms with Crippen LogP contribution in [0.3, 0.4) is 0 Å². The smallest absolute Gasteiger partial charge is 0.262 e. The van der Waals surface area contributed by atoms with Gasteiger partial charge in [-0.2, -0.15) is 0 Å². The van der Waals surface area contributed by atoms with Crippen LogP contribution in [-0.4, -0.2) is 38.5 Å². The summed E-state index contributed by atoms with van der Waals surface area (Å²) >= 11 is 0. The van der Waals surface area contributed by atoms with E-state index in [2.05, 4.69) is 34.5 Å². The topological polar surface area (TPSA) is 74.4 Å². The highest BCUT2D eigenvalue weighted by Crippen LogP contribution is 2.32. The summed E-state index contributed by atoms with van der Waals surface area (Å²) < 4.78 is 33.8. The molecule has 0 fully saturated rings. The van der Waals surface area contributed by atoms with Crippen molar-refractivity contribution in [2.45, 2.75) is 32.2 Å².